The fraction of sp³-hybridized carbons (Fsp3) is 0.643. The summed E-state index contributed by atoms with van der Waals surface area (Å²) < 4.78 is 0. The lowest BCUT2D eigenvalue weighted by molar-refractivity contribution is -0.122. The molecule has 5 heteroatoms. The smallest absolute Gasteiger partial charge is 0.222 e. The van der Waals surface area contributed by atoms with E-state index in [2.05, 4.69) is 21.8 Å². The molecule has 5 nitrogen and oxygen atoms in total. The number of hydrogen-bond donors (Lipinski definition) is 1. The van der Waals surface area contributed by atoms with Crippen molar-refractivity contribution >= 4 is 11.7 Å². The first kappa shape index (κ1) is 13.8. The number of nitrogens with zero attached hydrogens (tertiary/aromatic N) is 3. The van der Waals surface area contributed by atoms with Gasteiger partial charge in [0.25, 0.3) is 0 Å². The molecule has 104 valence electrons. The fourth-order valence-corrected chi connectivity index (χ4v) is 2.60. The Morgan fingerprint density at radius 1 is 1.58 bits per heavy atom. The second-order valence-electron chi connectivity index (χ2n) is 5.20. The maximum absolute atomic E-state index is 11.4. The van der Waals surface area contributed by atoms with Crippen LogP contribution < -0.4 is 10.6 Å². The summed E-state index contributed by atoms with van der Waals surface area (Å²) in [7, 11) is 0. The Morgan fingerprint density at radius 2 is 2.37 bits per heavy atom. The predicted molar refractivity (Wildman–Crippen MR) is 74.9 cm³/mol. The molecule has 1 amide bonds. The van der Waals surface area contributed by atoms with Gasteiger partial charge in [0.1, 0.15) is 11.6 Å². The molecule has 1 aliphatic heterocycles. The first-order chi connectivity index (χ1) is 9.11. The highest BCUT2D eigenvalue weighted by Crippen LogP contribution is 2.25. The Balaban J connectivity index is 2.24. The normalized spacial score (nSPS) is 19.5. The van der Waals surface area contributed by atoms with Crippen molar-refractivity contribution in [3.63, 3.8) is 0 Å². The topological polar surface area (TPSA) is 72.1 Å². The number of anilines is 1. The van der Waals surface area contributed by atoms with Crippen molar-refractivity contribution in [1.29, 1.82) is 0 Å². The number of rotatable bonds is 4. The minimum absolute atomic E-state index is 0.0569. The molecule has 0 spiro atoms. The number of carbonyl (C=O) groups is 1. The van der Waals surface area contributed by atoms with Gasteiger partial charge in [0.05, 0.1) is 5.92 Å². The molecule has 0 saturated carbocycles. The molecule has 1 atom stereocenters. The van der Waals surface area contributed by atoms with Crippen LogP contribution in [-0.4, -0.2) is 29.0 Å². The third-order valence-corrected chi connectivity index (χ3v) is 3.60. The van der Waals surface area contributed by atoms with Gasteiger partial charge < -0.3 is 10.6 Å². The van der Waals surface area contributed by atoms with E-state index in [1.54, 1.807) is 0 Å². The van der Waals surface area contributed by atoms with Crippen molar-refractivity contribution in [3.05, 3.63) is 17.6 Å². The number of aryl methyl sites for hydroxylation is 2. The Hall–Kier alpha value is -1.65. The molecular formula is C14H22N4O. The molecule has 1 aromatic rings. The SMILES string of the molecule is CCCc1cnc(C)nc1N1CCCC(C(N)=O)C1. The number of nitrogens with two attached hydrogens (primary N) is 1. The average molecular weight is 262 g/mol. The van der Waals surface area contributed by atoms with Crippen molar-refractivity contribution in [1.82, 2.24) is 9.97 Å². The van der Waals surface area contributed by atoms with E-state index in [-0.39, 0.29) is 11.8 Å². The van der Waals surface area contributed by atoms with Gasteiger partial charge in [0.15, 0.2) is 0 Å². The van der Waals surface area contributed by atoms with E-state index < -0.39 is 0 Å². The molecule has 1 aliphatic rings. The number of amides is 1. The Kier molecular flexibility index (Phi) is 4.35. The lowest BCUT2D eigenvalue weighted by Gasteiger charge is -2.33. The van der Waals surface area contributed by atoms with Crippen molar-refractivity contribution in [2.45, 2.75) is 39.5 Å². The van der Waals surface area contributed by atoms with Crippen LogP contribution in [0, 0.1) is 12.8 Å². The quantitative estimate of drug-likeness (QED) is 0.891. The largest absolute Gasteiger partial charge is 0.369 e. The van der Waals surface area contributed by atoms with Gasteiger partial charge in [-0.25, -0.2) is 9.97 Å². The maximum atomic E-state index is 11.4. The summed E-state index contributed by atoms with van der Waals surface area (Å²) in [6, 6.07) is 0. The molecule has 0 radical (unpaired) electrons. The minimum atomic E-state index is -0.201. The number of carbonyl (C=O) groups excluding carboxylic acids is 1. The molecule has 1 fully saturated rings. The average Bonchev–Trinajstić information content (AvgIpc) is 2.41. The lowest BCUT2D eigenvalue weighted by atomic mass is 9.97. The van der Waals surface area contributed by atoms with Crippen molar-refractivity contribution < 1.29 is 4.79 Å². The lowest BCUT2D eigenvalue weighted by Crippen LogP contribution is -2.42. The zero-order valence-electron chi connectivity index (χ0n) is 11.7. The van der Waals surface area contributed by atoms with Gasteiger partial charge in [-0.2, -0.15) is 0 Å². The number of primary amides is 1. The van der Waals surface area contributed by atoms with Gasteiger partial charge in [-0.3, -0.25) is 4.79 Å². The number of hydrogen-bond acceptors (Lipinski definition) is 4. The maximum Gasteiger partial charge on any atom is 0.222 e. The first-order valence-corrected chi connectivity index (χ1v) is 6.98. The van der Waals surface area contributed by atoms with Crippen LogP contribution >= 0.6 is 0 Å². The fourth-order valence-electron chi connectivity index (χ4n) is 2.60. The van der Waals surface area contributed by atoms with Crippen LogP contribution in [0.4, 0.5) is 5.82 Å². The van der Waals surface area contributed by atoms with Crippen LogP contribution in [0.25, 0.3) is 0 Å². The van der Waals surface area contributed by atoms with E-state index in [1.807, 2.05) is 13.1 Å². The molecule has 2 rings (SSSR count). The first-order valence-electron chi connectivity index (χ1n) is 6.98. The van der Waals surface area contributed by atoms with Crippen molar-refractivity contribution in [2.24, 2.45) is 11.7 Å². The summed E-state index contributed by atoms with van der Waals surface area (Å²) in [5.74, 6) is 1.50. The third kappa shape index (κ3) is 3.22. The van der Waals surface area contributed by atoms with Crippen molar-refractivity contribution in [2.75, 3.05) is 18.0 Å². The standard InChI is InChI=1S/C14H22N4O/c1-3-5-11-8-16-10(2)17-14(11)18-7-4-6-12(9-18)13(15)19/h8,12H,3-7,9H2,1-2H3,(H2,15,19). The summed E-state index contributed by atoms with van der Waals surface area (Å²) in [6.07, 6.45) is 5.82. The summed E-state index contributed by atoms with van der Waals surface area (Å²) >= 11 is 0. The van der Waals surface area contributed by atoms with Gasteiger partial charge in [0.2, 0.25) is 5.91 Å². The molecule has 2 N–H and O–H groups in total. The van der Waals surface area contributed by atoms with Crippen LogP contribution in [0.2, 0.25) is 0 Å². The second-order valence-corrected chi connectivity index (χ2v) is 5.20. The molecular weight excluding hydrogens is 240 g/mol. The Bertz CT molecular complexity index is 461. The number of aromatic nitrogens is 2. The molecule has 0 aliphatic carbocycles. The zero-order chi connectivity index (χ0) is 13.8. The van der Waals surface area contributed by atoms with Gasteiger partial charge in [-0.05, 0) is 26.2 Å². The van der Waals surface area contributed by atoms with Crippen LogP contribution in [0.15, 0.2) is 6.20 Å². The Labute approximate surface area is 114 Å². The van der Waals surface area contributed by atoms with Crippen LogP contribution in [-0.2, 0) is 11.2 Å². The van der Waals surface area contributed by atoms with E-state index >= 15 is 0 Å². The van der Waals surface area contributed by atoms with Gasteiger partial charge in [-0.15, -0.1) is 0 Å². The molecule has 1 saturated heterocycles. The number of piperidine rings is 1. The van der Waals surface area contributed by atoms with Gasteiger partial charge >= 0.3 is 0 Å². The molecule has 1 unspecified atom stereocenters. The van der Waals surface area contributed by atoms with Gasteiger partial charge in [0, 0.05) is 24.8 Å². The van der Waals surface area contributed by atoms with Crippen LogP contribution in [0.3, 0.4) is 0 Å². The minimum Gasteiger partial charge on any atom is -0.369 e. The van der Waals surface area contributed by atoms with E-state index in [1.165, 1.54) is 5.56 Å². The van der Waals surface area contributed by atoms with E-state index in [0.29, 0.717) is 6.54 Å². The zero-order valence-corrected chi connectivity index (χ0v) is 11.7. The van der Waals surface area contributed by atoms with Crippen molar-refractivity contribution in [3.8, 4) is 0 Å². The highest BCUT2D eigenvalue weighted by atomic mass is 16.1. The predicted octanol–water partition coefficient (Wildman–Crippen LogP) is 1.44. The monoisotopic (exact) mass is 262 g/mol. The summed E-state index contributed by atoms with van der Waals surface area (Å²) in [5.41, 5.74) is 6.60. The highest BCUT2D eigenvalue weighted by molar-refractivity contribution is 5.77. The van der Waals surface area contributed by atoms with Crippen LogP contribution in [0.5, 0.6) is 0 Å². The van der Waals surface area contributed by atoms with Gasteiger partial charge in [-0.1, -0.05) is 13.3 Å². The highest BCUT2D eigenvalue weighted by Gasteiger charge is 2.26. The third-order valence-electron chi connectivity index (χ3n) is 3.60. The van der Waals surface area contributed by atoms with E-state index in [0.717, 1.165) is 43.9 Å². The summed E-state index contributed by atoms with van der Waals surface area (Å²) in [5, 5.41) is 0. The summed E-state index contributed by atoms with van der Waals surface area (Å²) in [6.45, 7) is 5.67. The van der Waals surface area contributed by atoms with E-state index in [9.17, 15) is 4.79 Å². The Morgan fingerprint density at radius 3 is 3.05 bits per heavy atom. The summed E-state index contributed by atoms with van der Waals surface area (Å²) in [4.78, 5) is 22.4. The molecule has 2 heterocycles. The molecule has 0 bridgehead atoms. The molecule has 0 aromatic carbocycles. The van der Waals surface area contributed by atoms with Crippen LogP contribution in [0.1, 0.15) is 37.6 Å². The second kappa shape index (κ2) is 5.99. The van der Waals surface area contributed by atoms with E-state index in [4.69, 9.17) is 5.73 Å². The molecule has 1 aromatic heterocycles. The molecule has 19 heavy (non-hydrogen) atoms.